The number of para-hydroxylation sites is 1. The Morgan fingerprint density at radius 3 is 2.82 bits per heavy atom. The van der Waals surface area contributed by atoms with Gasteiger partial charge in [-0.15, -0.1) is 21.5 Å². The largest absolute Gasteiger partial charge is 0.484 e. The van der Waals surface area contributed by atoms with E-state index in [1.807, 2.05) is 19.2 Å². The number of carbonyl (C=O) groups is 2. The molecular weight excluding hydrogens is 484 g/mol. The number of benzene rings is 1. The van der Waals surface area contributed by atoms with Crippen molar-refractivity contribution in [1.82, 2.24) is 14.8 Å². The van der Waals surface area contributed by atoms with Crippen LogP contribution in [0, 0.1) is 0 Å². The Morgan fingerprint density at radius 1 is 1.24 bits per heavy atom. The van der Waals surface area contributed by atoms with Crippen molar-refractivity contribution >= 4 is 51.6 Å². The maximum Gasteiger partial charge on any atom is 0.341 e. The predicted octanol–water partition coefficient (Wildman–Crippen LogP) is 4.51. The van der Waals surface area contributed by atoms with Crippen molar-refractivity contribution in [3.63, 3.8) is 0 Å². The third-order valence-corrected chi connectivity index (χ3v) is 7.80. The van der Waals surface area contributed by atoms with Gasteiger partial charge in [0.25, 0.3) is 0 Å². The molecule has 0 saturated carbocycles. The predicted molar refractivity (Wildman–Crippen MR) is 128 cm³/mol. The number of methoxy groups -OCH3 is 1. The van der Waals surface area contributed by atoms with Crippen molar-refractivity contribution in [2.24, 2.45) is 7.05 Å². The molecule has 1 aliphatic rings. The van der Waals surface area contributed by atoms with Crippen LogP contribution in [0.25, 0.3) is 0 Å². The number of hydrogen-bond donors (Lipinski definition) is 1. The number of aryl methyl sites for hydroxylation is 1. The maximum absolute atomic E-state index is 12.7. The van der Waals surface area contributed by atoms with E-state index in [2.05, 4.69) is 15.5 Å². The van der Waals surface area contributed by atoms with E-state index >= 15 is 0 Å². The molecule has 3 aromatic rings. The summed E-state index contributed by atoms with van der Waals surface area (Å²) < 4.78 is 12.5. The quantitative estimate of drug-likeness (QED) is 0.355. The van der Waals surface area contributed by atoms with Crippen molar-refractivity contribution in [3.05, 3.63) is 51.1 Å². The minimum Gasteiger partial charge on any atom is -0.484 e. The highest BCUT2D eigenvalue weighted by atomic mass is 35.5. The molecule has 2 heterocycles. The van der Waals surface area contributed by atoms with Gasteiger partial charge in [0, 0.05) is 11.9 Å². The number of carbonyl (C=O) groups excluding carboxylic acids is 2. The Kier molecular flexibility index (Phi) is 7.56. The van der Waals surface area contributed by atoms with Crippen LogP contribution in [-0.4, -0.2) is 39.5 Å². The summed E-state index contributed by atoms with van der Waals surface area (Å²) in [5.74, 6) is 0.669. The summed E-state index contributed by atoms with van der Waals surface area (Å²) in [5.41, 5.74) is 1.51. The van der Waals surface area contributed by atoms with E-state index in [4.69, 9.17) is 21.1 Å². The van der Waals surface area contributed by atoms with Crippen LogP contribution < -0.4 is 10.1 Å². The fraction of sp³-hybridized carbons (Fsp3) is 0.364. The van der Waals surface area contributed by atoms with Crippen LogP contribution in [0.3, 0.4) is 0 Å². The van der Waals surface area contributed by atoms with Gasteiger partial charge in [0.2, 0.25) is 5.91 Å². The number of nitrogens with one attached hydrogen (secondary N) is 1. The minimum atomic E-state index is -0.409. The van der Waals surface area contributed by atoms with E-state index in [-0.39, 0.29) is 18.3 Å². The lowest BCUT2D eigenvalue weighted by Gasteiger charge is -2.11. The number of anilines is 1. The van der Waals surface area contributed by atoms with Crippen LogP contribution >= 0.6 is 34.7 Å². The number of nitrogens with zero attached hydrogens (tertiary/aromatic N) is 3. The normalized spacial score (nSPS) is 12.8. The number of rotatable bonds is 8. The molecule has 1 aliphatic carbocycles. The minimum absolute atomic E-state index is 0.126. The van der Waals surface area contributed by atoms with Crippen LogP contribution in [0.2, 0.25) is 5.02 Å². The molecule has 0 unspecified atom stereocenters. The number of thiophene rings is 1. The molecular formula is C22H23ClN4O4S2. The molecule has 4 rings (SSSR count). The zero-order valence-corrected chi connectivity index (χ0v) is 20.6. The molecule has 1 amide bonds. The number of ether oxygens (including phenoxy) is 2. The Balaban J connectivity index is 1.37. The first-order valence-corrected chi connectivity index (χ1v) is 12.6. The van der Waals surface area contributed by atoms with Crippen LogP contribution in [0.4, 0.5) is 5.00 Å². The summed E-state index contributed by atoms with van der Waals surface area (Å²) in [6.07, 6.45) is 3.88. The SMILES string of the molecule is COC(=O)c1c(NC(=O)CSc2nnc(COc3ccccc3Cl)n2C)sc2c1CCCC2. The van der Waals surface area contributed by atoms with Gasteiger partial charge in [-0.05, 0) is 43.4 Å². The van der Waals surface area contributed by atoms with Gasteiger partial charge in [-0.3, -0.25) is 4.79 Å². The lowest BCUT2D eigenvalue weighted by molar-refractivity contribution is -0.113. The van der Waals surface area contributed by atoms with Crippen molar-refractivity contribution in [1.29, 1.82) is 0 Å². The van der Waals surface area contributed by atoms with Gasteiger partial charge in [-0.25, -0.2) is 4.79 Å². The highest BCUT2D eigenvalue weighted by Crippen LogP contribution is 2.38. The first-order valence-electron chi connectivity index (χ1n) is 10.4. The highest BCUT2D eigenvalue weighted by molar-refractivity contribution is 7.99. The van der Waals surface area contributed by atoms with Crippen LogP contribution in [-0.2, 0) is 36.0 Å². The monoisotopic (exact) mass is 506 g/mol. The molecule has 0 bridgehead atoms. The fourth-order valence-electron chi connectivity index (χ4n) is 3.57. The second kappa shape index (κ2) is 10.6. The molecule has 11 heteroatoms. The van der Waals surface area contributed by atoms with Gasteiger partial charge in [0.05, 0.1) is 23.4 Å². The Morgan fingerprint density at radius 2 is 2.03 bits per heavy atom. The first kappa shape index (κ1) is 23.6. The van der Waals surface area contributed by atoms with Gasteiger partial charge in [0.1, 0.15) is 17.4 Å². The second-order valence-electron chi connectivity index (χ2n) is 7.42. The van der Waals surface area contributed by atoms with Gasteiger partial charge in [-0.1, -0.05) is 35.5 Å². The zero-order valence-electron chi connectivity index (χ0n) is 18.2. The third kappa shape index (κ3) is 5.34. The highest BCUT2D eigenvalue weighted by Gasteiger charge is 2.27. The average molecular weight is 507 g/mol. The van der Waals surface area contributed by atoms with Crippen molar-refractivity contribution < 1.29 is 19.1 Å². The average Bonchev–Trinajstić information content (AvgIpc) is 3.36. The molecule has 2 aromatic heterocycles. The first-order chi connectivity index (χ1) is 16.0. The number of hydrogen-bond acceptors (Lipinski definition) is 8. The summed E-state index contributed by atoms with van der Waals surface area (Å²) in [6.45, 7) is 0.198. The topological polar surface area (TPSA) is 95.3 Å². The molecule has 1 aromatic carbocycles. The van der Waals surface area contributed by atoms with E-state index in [1.54, 1.807) is 16.7 Å². The van der Waals surface area contributed by atoms with Crippen molar-refractivity contribution in [2.45, 2.75) is 37.4 Å². The standard InChI is InChI=1S/C22H23ClN4O4S2/c1-27-17(11-31-15-9-5-4-8-14(15)23)25-26-22(27)32-12-18(28)24-20-19(21(29)30-2)13-7-3-6-10-16(13)33-20/h4-5,8-9H,3,6-7,10-12H2,1-2H3,(H,24,28). The number of thioether (sulfide) groups is 1. The second-order valence-corrected chi connectivity index (χ2v) is 9.88. The molecule has 0 fully saturated rings. The van der Waals surface area contributed by atoms with E-state index in [1.165, 1.54) is 30.2 Å². The number of aromatic nitrogens is 3. The van der Waals surface area contributed by atoms with Crippen molar-refractivity contribution in [3.8, 4) is 5.75 Å². The summed E-state index contributed by atoms with van der Waals surface area (Å²) in [6, 6.07) is 7.21. The number of halogens is 1. The fourth-order valence-corrected chi connectivity index (χ4v) is 5.78. The third-order valence-electron chi connectivity index (χ3n) is 5.26. The lowest BCUT2D eigenvalue weighted by atomic mass is 9.95. The Bertz CT molecular complexity index is 1180. The summed E-state index contributed by atoms with van der Waals surface area (Å²) in [5, 5.41) is 12.9. The maximum atomic E-state index is 12.7. The van der Waals surface area contributed by atoms with Gasteiger partial charge >= 0.3 is 5.97 Å². The smallest absolute Gasteiger partial charge is 0.341 e. The van der Waals surface area contributed by atoms with E-state index in [9.17, 15) is 9.59 Å². The molecule has 174 valence electrons. The van der Waals surface area contributed by atoms with Crippen LogP contribution in [0.5, 0.6) is 5.75 Å². The molecule has 0 radical (unpaired) electrons. The van der Waals surface area contributed by atoms with Crippen molar-refractivity contribution in [2.75, 3.05) is 18.2 Å². The van der Waals surface area contributed by atoms with Gasteiger partial charge in [0.15, 0.2) is 11.0 Å². The molecule has 0 atom stereocenters. The zero-order chi connectivity index (χ0) is 23.4. The molecule has 0 aliphatic heterocycles. The molecule has 0 spiro atoms. The number of amides is 1. The number of fused-ring (bicyclic) bond motifs is 1. The lowest BCUT2D eigenvalue weighted by Crippen LogP contribution is -2.17. The summed E-state index contributed by atoms with van der Waals surface area (Å²) in [7, 11) is 3.17. The molecule has 33 heavy (non-hydrogen) atoms. The van der Waals surface area contributed by atoms with E-state index in [0.29, 0.717) is 32.3 Å². The molecule has 0 saturated heterocycles. The Hall–Kier alpha value is -2.56. The van der Waals surface area contributed by atoms with E-state index in [0.717, 1.165) is 36.1 Å². The van der Waals surface area contributed by atoms with Gasteiger partial charge < -0.3 is 19.4 Å². The number of esters is 1. The van der Waals surface area contributed by atoms with Gasteiger partial charge in [-0.2, -0.15) is 0 Å². The summed E-state index contributed by atoms with van der Waals surface area (Å²) >= 11 is 8.84. The molecule has 8 nitrogen and oxygen atoms in total. The van der Waals surface area contributed by atoms with E-state index < -0.39 is 5.97 Å². The van der Waals surface area contributed by atoms with Crippen LogP contribution in [0.1, 0.15) is 39.5 Å². The summed E-state index contributed by atoms with van der Waals surface area (Å²) in [4.78, 5) is 26.2. The molecule has 1 N–H and O–H groups in total. The van der Waals surface area contributed by atoms with Crippen LogP contribution in [0.15, 0.2) is 29.4 Å². The Labute approximate surface area is 204 Å².